The Labute approximate surface area is 121 Å². The predicted molar refractivity (Wildman–Crippen MR) is 78.6 cm³/mol. The Morgan fingerprint density at radius 1 is 1.05 bits per heavy atom. The standard InChI is InChI=1S/C15H31F3N2/c1-5-10-20(12-15(16,17)18)11-6-7-13(8-9-19)14(2,3)4/h13H,5-12,19H2,1-4H3. The van der Waals surface area contributed by atoms with Crippen molar-refractivity contribution in [3.63, 3.8) is 0 Å². The van der Waals surface area contributed by atoms with Gasteiger partial charge in [0.05, 0.1) is 6.54 Å². The van der Waals surface area contributed by atoms with Crippen LogP contribution >= 0.6 is 0 Å². The van der Waals surface area contributed by atoms with E-state index < -0.39 is 12.7 Å². The van der Waals surface area contributed by atoms with E-state index in [2.05, 4.69) is 20.8 Å². The van der Waals surface area contributed by atoms with Crippen LogP contribution in [0.2, 0.25) is 0 Å². The minimum Gasteiger partial charge on any atom is -0.330 e. The molecule has 0 rings (SSSR count). The molecule has 2 nitrogen and oxygen atoms in total. The Morgan fingerprint density at radius 2 is 1.65 bits per heavy atom. The average molecular weight is 296 g/mol. The van der Waals surface area contributed by atoms with E-state index in [1.165, 1.54) is 4.90 Å². The third kappa shape index (κ3) is 9.59. The van der Waals surface area contributed by atoms with Gasteiger partial charge >= 0.3 is 6.18 Å². The molecular weight excluding hydrogens is 265 g/mol. The molecule has 122 valence electrons. The second kappa shape index (κ2) is 8.88. The largest absolute Gasteiger partial charge is 0.401 e. The van der Waals surface area contributed by atoms with Gasteiger partial charge in [-0.25, -0.2) is 0 Å². The maximum absolute atomic E-state index is 12.5. The molecule has 0 spiro atoms. The van der Waals surface area contributed by atoms with Gasteiger partial charge in [0.2, 0.25) is 0 Å². The summed E-state index contributed by atoms with van der Waals surface area (Å²) in [6.07, 6.45) is -0.662. The van der Waals surface area contributed by atoms with E-state index in [1.54, 1.807) is 0 Å². The fourth-order valence-corrected chi connectivity index (χ4v) is 2.61. The summed E-state index contributed by atoms with van der Waals surface area (Å²) in [5, 5.41) is 0. The number of alkyl halides is 3. The second-order valence-corrected chi connectivity index (χ2v) is 6.67. The van der Waals surface area contributed by atoms with Crippen molar-refractivity contribution >= 4 is 0 Å². The summed E-state index contributed by atoms with van der Waals surface area (Å²) in [5.41, 5.74) is 5.80. The molecule has 0 aliphatic carbocycles. The fraction of sp³-hybridized carbons (Fsp3) is 1.00. The van der Waals surface area contributed by atoms with Crippen molar-refractivity contribution in [2.45, 2.75) is 59.6 Å². The van der Waals surface area contributed by atoms with Crippen LogP contribution in [-0.4, -0.2) is 37.3 Å². The summed E-state index contributed by atoms with van der Waals surface area (Å²) in [5.74, 6) is 0.474. The van der Waals surface area contributed by atoms with Crippen LogP contribution in [0, 0.1) is 11.3 Å². The van der Waals surface area contributed by atoms with Crippen LogP contribution < -0.4 is 5.73 Å². The molecule has 1 unspecified atom stereocenters. The molecule has 20 heavy (non-hydrogen) atoms. The first-order valence-electron chi connectivity index (χ1n) is 7.59. The highest BCUT2D eigenvalue weighted by atomic mass is 19.4. The van der Waals surface area contributed by atoms with Gasteiger partial charge in [-0.2, -0.15) is 13.2 Å². The van der Waals surface area contributed by atoms with E-state index >= 15 is 0 Å². The molecule has 1 atom stereocenters. The van der Waals surface area contributed by atoms with Gasteiger partial charge in [-0.3, -0.25) is 4.90 Å². The minimum absolute atomic E-state index is 0.166. The second-order valence-electron chi connectivity index (χ2n) is 6.67. The van der Waals surface area contributed by atoms with E-state index in [-0.39, 0.29) is 5.41 Å². The lowest BCUT2D eigenvalue weighted by Gasteiger charge is -2.31. The third-order valence-corrected chi connectivity index (χ3v) is 3.71. The van der Waals surface area contributed by atoms with E-state index in [0.717, 1.165) is 25.7 Å². The number of hydrogen-bond donors (Lipinski definition) is 1. The molecule has 0 bridgehead atoms. The molecule has 0 aromatic carbocycles. The normalized spacial score (nSPS) is 14.8. The Morgan fingerprint density at radius 3 is 2.05 bits per heavy atom. The van der Waals surface area contributed by atoms with Crippen LogP contribution in [-0.2, 0) is 0 Å². The molecule has 0 heterocycles. The zero-order valence-corrected chi connectivity index (χ0v) is 13.4. The van der Waals surface area contributed by atoms with Crippen molar-refractivity contribution < 1.29 is 13.2 Å². The Kier molecular flexibility index (Phi) is 8.75. The van der Waals surface area contributed by atoms with Crippen molar-refractivity contribution in [2.75, 3.05) is 26.2 Å². The Hall–Kier alpha value is -0.290. The van der Waals surface area contributed by atoms with Crippen LogP contribution in [0.25, 0.3) is 0 Å². The van der Waals surface area contributed by atoms with Gasteiger partial charge in [0.15, 0.2) is 0 Å². The number of halogens is 3. The maximum Gasteiger partial charge on any atom is 0.401 e. The molecule has 0 radical (unpaired) electrons. The minimum atomic E-state index is -4.10. The summed E-state index contributed by atoms with van der Waals surface area (Å²) in [6.45, 7) is 9.31. The molecule has 0 fully saturated rings. The number of nitrogens with zero attached hydrogens (tertiary/aromatic N) is 1. The number of hydrogen-bond acceptors (Lipinski definition) is 2. The SMILES string of the molecule is CCCN(CCCC(CCN)C(C)(C)C)CC(F)(F)F. The van der Waals surface area contributed by atoms with Gasteiger partial charge in [-0.1, -0.05) is 27.7 Å². The van der Waals surface area contributed by atoms with Crippen molar-refractivity contribution in [1.82, 2.24) is 4.90 Å². The first kappa shape index (κ1) is 19.7. The van der Waals surface area contributed by atoms with Crippen molar-refractivity contribution in [3.05, 3.63) is 0 Å². The highest BCUT2D eigenvalue weighted by Crippen LogP contribution is 2.32. The van der Waals surface area contributed by atoms with Crippen LogP contribution in [0.1, 0.15) is 53.4 Å². The first-order chi connectivity index (χ1) is 9.10. The van der Waals surface area contributed by atoms with Crippen LogP contribution in [0.15, 0.2) is 0 Å². The van der Waals surface area contributed by atoms with E-state index in [9.17, 15) is 13.2 Å². The van der Waals surface area contributed by atoms with Crippen LogP contribution in [0.5, 0.6) is 0 Å². The van der Waals surface area contributed by atoms with Crippen LogP contribution in [0.4, 0.5) is 13.2 Å². The molecule has 0 saturated heterocycles. The lowest BCUT2D eigenvalue weighted by Crippen LogP contribution is -2.36. The molecular formula is C15H31F3N2. The summed E-state index contributed by atoms with van der Waals surface area (Å²) in [6, 6.07) is 0. The molecule has 0 aliphatic rings. The molecule has 0 aromatic rings. The van der Waals surface area contributed by atoms with Gasteiger partial charge in [0.25, 0.3) is 0 Å². The van der Waals surface area contributed by atoms with Gasteiger partial charge < -0.3 is 5.73 Å². The zero-order chi connectivity index (χ0) is 15.8. The smallest absolute Gasteiger partial charge is 0.330 e. The molecule has 5 heteroatoms. The third-order valence-electron chi connectivity index (χ3n) is 3.71. The summed E-state index contributed by atoms with van der Waals surface area (Å²) >= 11 is 0. The first-order valence-corrected chi connectivity index (χ1v) is 7.59. The molecule has 0 aromatic heterocycles. The fourth-order valence-electron chi connectivity index (χ4n) is 2.61. The van der Waals surface area contributed by atoms with Gasteiger partial charge in [-0.15, -0.1) is 0 Å². The number of rotatable bonds is 9. The summed E-state index contributed by atoms with van der Waals surface area (Å²) in [7, 11) is 0. The Balaban J connectivity index is 4.26. The van der Waals surface area contributed by atoms with Crippen LogP contribution in [0.3, 0.4) is 0 Å². The van der Waals surface area contributed by atoms with Gasteiger partial charge in [-0.05, 0) is 56.7 Å². The number of nitrogens with two attached hydrogens (primary N) is 1. The maximum atomic E-state index is 12.5. The lowest BCUT2D eigenvalue weighted by molar-refractivity contribution is -0.146. The molecule has 0 saturated carbocycles. The topological polar surface area (TPSA) is 29.3 Å². The summed E-state index contributed by atoms with van der Waals surface area (Å²) < 4.78 is 37.4. The zero-order valence-electron chi connectivity index (χ0n) is 13.4. The Bertz CT molecular complexity index is 246. The lowest BCUT2D eigenvalue weighted by atomic mass is 9.76. The van der Waals surface area contributed by atoms with E-state index in [0.29, 0.717) is 25.6 Å². The average Bonchev–Trinajstić information content (AvgIpc) is 2.24. The quantitative estimate of drug-likeness (QED) is 0.695. The predicted octanol–water partition coefficient (Wildman–Crippen LogP) is 4.05. The van der Waals surface area contributed by atoms with E-state index in [4.69, 9.17) is 5.73 Å². The van der Waals surface area contributed by atoms with Gasteiger partial charge in [0.1, 0.15) is 0 Å². The molecule has 2 N–H and O–H groups in total. The monoisotopic (exact) mass is 296 g/mol. The highest BCUT2D eigenvalue weighted by Gasteiger charge is 2.30. The van der Waals surface area contributed by atoms with Crippen molar-refractivity contribution in [2.24, 2.45) is 17.1 Å². The molecule has 0 amide bonds. The van der Waals surface area contributed by atoms with Crippen molar-refractivity contribution in [3.8, 4) is 0 Å². The van der Waals surface area contributed by atoms with E-state index in [1.807, 2.05) is 6.92 Å². The summed E-state index contributed by atoms with van der Waals surface area (Å²) in [4.78, 5) is 1.52. The van der Waals surface area contributed by atoms with Crippen molar-refractivity contribution in [1.29, 1.82) is 0 Å². The highest BCUT2D eigenvalue weighted by molar-refractivity contribution is 4.75. The van der Waals surface area contributed by atoms with Gasteiger partial charge in [0, 0.05) is 0 Å². The molecule has 0 aliphatic heterocycles.